The van der Waals surface area contributed by atoms with Crippen LogP contribution in [0.2, 0.25) is 0 Å². The number of hydrogen-bond acceptors (Lipinski definition) is 2. The molecule has 0 amide bonds. The average Bonchev–Trinajstić information content (AvgIpc) is 2.76. The number of ether oxygens (including phenoxy) is 1. The van der Waals surface area contributed by atoms with Crippen molar-refractivity contribution >= 4 is 24.0 Å². The van der Waals surface area contributed by atoms with Gasteiger partial charge in [0.1, 0.15) is 0 Å². The Balaban J connectivity index is 2.53. The summed E-state index contributed by atoms with van der Waals surface area (Å²) in [6, 6.07) is 3.29. The van der Waals surface area contributed by atoms with Crippen LogP contribution >= 0.6 is 7.92 Å². The first-order valence-corrected chi connectivity index (χ1v) is 11.1. The van der Waals surface area contributed by atoms with Crippen molar-refractivity contribution in [2.45, 2.75) is 24.7 Å². The SMILES string of the molecule is COc1cccc(P(c2cc(C(F)(F)F)ccc2C(F)(F)F)c2cc(C(F)(F)F)ccc2C(F)(F)F)n1. The first-order chi connectivity index (χ1) is 16.8. The molecule has 0 atom stereocenters. The summed E-state index contributed by atoms with van der Waals surface area (Å²) >= 11 is 0. The zero-order valence-electron chi connectivity index (χ0n) is 18.0. The number of hydrogen-bond donors (Lipinski definition) is 0. The first kappa shape index (κ1) is 28.5. The smallest absolute Gasteiger partial charge is 0.417 e. The zero-order valence-corrected chi connectivity index (χ0v) is 18.9. The van der Waals surface area contributed by atoms with E-state index in [9.17, 15) is 52.7 Å². The van der Waals surface area contributed by atoms with Crippen molar-refractivity contribution in [1.29, 1.82) is 0 Å². The van der Waals surface area contributed by atoms with Crippen LogP contribution in [0.3, 0.4) is 0 Å². The molecule has 0 fully saturated rings. The predicted molar refractivity (Wildman–Crippen MR) is 110 cm³/mol. The monoisotopic (exact) mass is 565 g/mol. The summed E-state index contributed by atoms with van der Waals surface area (Å²) in [6.45, 7) is 0. The van der Waals surface area contributed by atoms with E-state index in [1.54, 1.807) is 0 Å². The Morgan fingerprint density at radius 1 is 0.595 bits per heavy atom. The fourth-order valence-electron chi connectivity index (χ4n) is 3.28. The highest BCUT2D eigenvalue weighted by molar-refractivity contribution is 7.79. The van der Waals surface area contributed by atoms with Crippen molar-refractivity contribution in [3.05, 3.63) is 76.9 Å². The van der Waals surface area contributed by atoms with Gasteiger partial charge in [0.25, 0.3) is 0 Å². The van der Waals surface area contributed by atoms with Crippen LogP contribution in [0, 0.1) is 0 Å². The number of alkyl halides is 12. The molecule has 0 saturated heterocycles. The summed E-state index contributed by atoms with van der Waals surface area (Å²) in [7, 11) is -2.35. The average molecular weight is 565 g/mol. The maximum atomic E-state index is 13.9. The Kier molecular flexibility index (Phi) is 7.48. The molecule has 15 heteroatoms. The number of pyridine rings is 1. The molecular weight excluding hydrogens is 553 g/mol. The third-order valence-electron chi connectivity index (χ3n) is 4.89. The maximum absolute atomic E-state index is 13.9. The minimum Gasteiger partial charge on any atom is -0.481 e. The van der Waals surface area contributed by atoms with Crippen LogP contribution in [0.4, 0.5) is 52.7 Å². The lowest BCUT2D eigenvalue weighted by molar-refractivity contribution is -0.140. The Hall–Kier alpha value is -3.02. The van der Waals surface area contributed by atoms with Crippen LogP contribution in [-0.2, 0) is 24.7 Å². The van der Waals surface area contributed by atoms with Crippen LogP contribution in [0.1, 0.15) is 22.3 Å². The molecule has 0 spiro atoms. The van der Waals surface area contributed by atoms with Crippen LogP contribution in [-0.4, -0.2) is 12.1 Å². The number of aromatic nitrogens is 1. The van der Waals surface area contributed by atoms with Gasteiger partial charge in [-0.1, -0.05) is 6.07 Å². The molecule has 37 heavy (non-hydrogen) atoms. The second-order valence-corrected chi connectivity index (χ2v) is 9.42. The Morgan fingerprint density at radius 2 is 1.03 bits per heavy atom. The lowest BCUT2D eigenvalue weighted by Gasteiger charge is -2.27. The summed E-state index contributed by atoms with van der Waals surface area (Å²) in [5.74, 6) is -0.342. The summed E-state index contributed by atoms with van der Waals surface area (Å²) in [5, 5.41) is -2.63. The first-order valence-electron chi connectivity index (χ1n) is 9.72. The van der Waals surface area contributed by atoms with E-state index in [2.05, 4.69) is 4.98 Å². The van der Waals surface area contributed by atoms with Crippen LogP contribution < -0.4 is 20.8 Å². The topological polar surface area (TPSA) is 22.1 Å². The van der Waals surface area contributed by atoms with E-state index in [-0.39, 0.29) is 42.3 Å². The molecule has 0 aliphatic heterocycles. The largest absolute Gasteiger partial charge is 0.481 e. The number of benzene rings is 2. The van der Waals surface area contributed by atoms with Crippen LogP contribution in [0.15, 0.2) is 54.6 Å². The van der Waals surface area contributed by atoms with E-state index in [4.69, 9.17) is 4.74 Å². The highest BCUT2D eigenvalue weighted by Gasteiger charge is 2.43. The Labute approximate surface area is 201 Å². The standard InChI is InChI=1S/C22H12F12NOP/c1-36-17-3-2-4-18(35-17)37(15-9-11(19(23,24)25)5-7-13(15)21(29,30)31)16-10-12(20(26,27)28)6-8-14(16)22(32,33)34/h2-10H,1H3. The van der Waals surface area contributed by atoms with Gasteiger partial charge in [0, 0.05) is 14.0 Å². The number of rotatable bonds is 4. The summed E-state index contributed by atoms with van der Waals surface area (Å²) in [6.07, 6.45) is -21.2. The van der Waals surface area contributed by atoms with E-state index in [1.807, 2.05) is 0 Å². The Morgan fingerprint density at radius 3 is 1.38 bits per heavy atom. The molecule has 0 N–H and O–H groups in total. The Bertz CT molecular complexity index is 1200. The van der Waals surface area contributed by atoms with Gasteiger partial charge in [-0.25, -0.2) is 4.98 Å². The third-order valence-corrected chi connectivity index (χ3v) is 7.30. The molecule has 0 bridgehead atoms. The number of halogens is 12. The van der Waals surface area contributed by atoms with Gasteiger partial charge in [0.05, 0.1) is 34.8 Å². The fraction of sp³-hybridized carbons (Fsp3) is 0.227. The summed E-state index contributed by atoms with van der Waals surface area (Å²) in [4.78, 5) is 3.78. The molecule has 3 aromatic rings. The van der Waals surface area contributed by atoms with Gasteiger partial charge >= 0.3 is 24.7 Å². The molecule has 1 heterocycles. The molecule has 0 aliphatic carbocycles. The summed E-state index contributed by atoms with van der Waals surface area (Å²) in [5.41, 5.74) is -7.47. The fourth-order valence-corrected chi connectivity index (χ4v) is 5.89. The molecule has 2 aromatic carbocycles. The van der Waals surface area contributed by atoms with Gasteiger partial charge in [-0.2, -0.15) is 52.7 Å². The normalized spacial score (nSPS) is 13.2. The highest BCUT2D eigenvalue weighted by Crippen LogP contribution is 2.45. The molecule has 0 radical (unpaired) electrons. The minimum atomic E-state index is -5.38. The van der Waals surface area contributed by atoms with E-state index >= 15 is 0 Å². The van der Waals surface area contributed by atoms with Gasteiger partial charge in [0.2, 0.25) is 5.88 Å². The van der Waals surface area contributed by atoms with Crippen LogP contribution in [0.25, 0.3) is 0 Å². The molecule has 0 saturated carbocycles. The molecule has 200 valence electrons. The zero-order chi connectivity index (χ0) is 28.0. The highest BCUT2D eigenvalue weighted by atomic mass is 31.1. The molecule has 0 aliphatic rings. The van der Waals surface area contributed by atoms with Crippen molar-refractivity contribution in [3.8, 4) is 5.88 Å². The van der Waals surface area contributed by atoms with Gasteiger partial charge in [-0.3, -0.25) is 0 Å². The molecule has 0 unspecified atom stereocenters. The van der Waals surface area contributed by atoms with Gasteiger partial charge in [0.15, 0.2) is 0 Å². The van der Waals surface area contributed by atoms with E-state index in [0.29, 0.717) is 0 Å². The van der Waals surface area contributed by atoms with E-state index in [1.165, 1.54) is 0 Å². The minimum absolute atomic E-state index is 0.0178. The van der Waals surface area contributed by atoms with E-state index < -0.39 is 70.9 Å². The lowest BCUT2D eigenvalue weighted by atomic mass is 10.1. The number of methoxy groups -OCH3 is 1. The van der Waals surface area contributed by atoms with Crippen molar-refractivity contribution in [2.24, 2.45) is 0 Å². The molecule has 3 rings (SSSR count). The second-order valence-electron chi connectivity index (χ2n) is 7.33. The van der Waals surface area contributed by atoms with Gasteiger partial charge in [-0.05, 0) is 53.1 Å². The third kappa shape index (κ3) is 6.28. The molecular formula is C22H12F12NOP. The van der Waals surface area contributed by atoms with Crippen molar-refractivity contribution in [2.75, 3.05) is 7.11 Å². The van der Waals surface area contributed by atoms with Gasteiger partial charge < -0.3 is 4.74 Å². The van der Waals surface area contributed by atoms with Gasteiger partial charge in [-0.15, -0.1) is 0 Å². The molecule has 1 aromatic heterocycles. The second kappa shape index (κ2) is 9.70. The quantitative estimate of drug-likeness (QED) is 0.253. The van der Waals surface area contributed by atoms with Crippen molar-refractivity contribution in [1.82, 2.24) is 4.98 Å². The van der Waals surface area contributed by atoms with Crippen molar-refractivity contribution in [3.63, 3.8) is 0 Å². The van der Waals surface area contributed by atoms with E-state index in [0.717, 1.165) is 25.3 Å². The lowest BCUT2D eigenvalue weighted by Crippen LogP contribution is -2.33. The maximum Gasteiger partial charge on any atom is 0.417 e. The van der Waals surface area contributed by atoms with Crippen LogP contribution in [0.5, 0.6) is 5.88 Å². The van der Waals surface area contributed by atoms with Crippen molar-refractivity contribution < 1.29 is 57.4 Å². The number of nitrogens with zero attached hydrogens (tertiary/aromatic N) is 1. The molecule has 2 nitrogen and oxygen atoms in total. The predicted octanol–water partition coefficient (Wildman–Crippen LogP) is 6.92. The summed E-state index contributed by atoms with van der Waals surface area (Å²) < 4.78 is 169.